The third-order valence-corrected chi connectivity index (χ3v) is 6.26. The predicted molar refractivity (Wildman–Crippen MR) is 127 cm³/mol. The Labute approximate surface area is 192 Å². The van der Waals surface area contributed by atoms with Crippen molar-refractivity contribution in [3.63, 3.8) is 0 Å². The number of halogens is 1. The van der Waals surface area contributed by atoms with Crippen molar-refractivity contribution >= 4 is 45.1 Å². The summed E-state index contributed by atoms with van der Waals surface area (Å²) < 4.78 is 6.73. The third-order valence-electron chi connectivity index (χ3n) is 4.38. The maximum atomic E-state index is 12.2. The topological polar surface area (TPSA) is 80.0 Å². The molecule has 6 nitrogen and oxygen atoms in total. The van der Waals surface area contributed by atoms with Crippen LogP contribution in [-0.2, 0) is 5.75 Å². The number of hydrogen-bond acceptors (Lipinski definition) is 5. The molecule has 1 heterocycles. The molecule has 0 fully saturated rings. The minimum absolute atomic E-state index is 0.290. The van der Waals surface area contributed by atoms with E-state index in [0.717, 1.165) is 26.2 Å². The second-order valence-electron chi connectivity index (χ2n) is 6.72. The van der Waals surface area contributed by atoms with Crippen molar-refractivity contribution in [2.24, 2.45) is 0 Å². The molecule has 8 heteroatoms. The standard InChI is InChI=1S/C23H19BrN4O2S/c1-15-13-18(9-12-20(15)24)26-23(29)25-17-7-10-19(11-8-17)31-14-21-27-28-22(30-21)16-5-3-2-4-6-16/h2-13H,14H2,1H3,(H2,25,26,29). The summed E-state index contributed by atoms with van der Waals surface area (Å²) in [5.41, 5.74) is 3.40. The maximum absolute atomic E-state index is 12.2. The number of aryl methyl sites for hydroxylation is 1. The van der Waals surface area contributed by atoms with Crippen LogP contribution in [0.25, 0.3) is 11.5 Å². The Balaban J connectivity index is 1.29. The summed E-state index contributed by atoms with van der Waals surface area (Å²) in [5.74, 6) is 1.65. The lowest BCUT2D eigenvalue weighted by Gasteiger charge is -2.09. The third kappa shape index (κ3) is 5.74. The number of hydrogen-bond donors (Lipinski definition) is 2. The van der Waals surface area contributed by atoms with E-state index in [1.807, 2.05) is 79.7 Å². The average Bonchev–Trinajstić information content (AvgIpc) is 3.26. The number of carbonyl (C=O) groups is 1. The van der Waals surface area contributed by atoms with E-state index in [0.29, 0.717) is 23.2 Å². The first-order valence-electron chi connectivity index (χ1n) is 9.52. The van der Waals surface area contributed by atoms with Crippen LogP contribution in [0.3, 0.4) is 0 Å². The van der Waals surface area contributed by atoms with Gasteiger partial charge in [0, 0.05) is 26.3 Å². The van der Waals surface area contributed by atoms with Crippen LogP contribution in [0.1, 0.15) is 11.5 Å². The number of nitrogens with one attached hydrogen (secondary N) is 2. The first kappa shape index (κ1) is 21.1. The average molecular weight is 495 g/mol. The van der Waals surface area contributed by atoms with Crippen molar-refractivity contribution < 1.29 is 9.21 Å². The van der Waals surface area contributed by atoms with Gasteiger partial charge in [0.05, 0.1) is 5.75 Å². The molecule has 0 saturated carbocycles. The lowest BCUT2D eigenvalue weighted by Crippen LogP contribution is -2.19. The first-order valence-corrected chi connectivity index (χ1v) is 11.3. The molecule has 4 rings (SSSR count). The van der Waals surface area contributed by atoms with Crippen LogP contribution < -0.4 is 10.6 Å². The molecule has 1 aromatic heterocycles. The molecular weight excluding hydrogens is 476 g/mol. The van der Waals surface area contributed by atoms with Gasteiger partial charge in [-0.3, -0.25) is 0 Å². The van der Waals surface area contributed by atoms with Crippen molar-refractivity contribution in [1.82, 2.24) is 10.2 Å². The van der Waals surface area contributed by atoms with Crippen LogP contribution in [0, 0.1) is 6.92 Å². The van der Waals surface area contributed by atoms with Crippen LogP contribution in [-0.4, -0.2) is 16.2 Å². The van der Waals surface area contributed by atoms with Gasteiger partial charge >= 0.3 is 6.03 Å². The molecule has 2 amide bonds. The fourth-order valence-electron chi connectivity index (χ4n) is 2.80. The first-order chi connectivity index (χ1) is 15.1. The molecule has 0 aliphatic heterocycles. The van der Waals surface area contributed by atoms with Gasteiger partial charge in [0.25, 0.3) is 0 Å². The van der Waals surface area contributed by atoms with Gasteiger partial charge < -0.3 is 15.1 Å². The molecule has 0 radical (unpaired) electrons. The zero-order valence-corrected chi connectivity index (χ0v) is 19.0. The Morgan fingerprint density at radius 3 is 2.42 bits per heavy atom. The van der Waals surface area contributed by atoms with Crippen LogP contribution >= 0.6 is 27.7 Å². The van der Waals surface area contributed by atoms with Crippen LogP contribution in [0.4, 0.5) is 16.2 Å². The summed E-state index contributed by atoms with van der Waals surface area (Å²) in [6.45, 7) is 1.97. The Morgan fingerprint density at radius 1 is 0.968 bits per heavy atom. The van der Waals surface area contributed by atoms with E-state index in [4.69, 9.17) is 4.42 Å². The number of thioether (sulfide) groups is 1. The highest BCUT2D eigenvalue weighted by atomic mass is 79.9. The highest BCUT2D eigenvalue weighted by molar-refractivity contribution is 9.10. The molecule has 0 bridgehead atoms. The monoisotopic (exact) mass is 494 g/mol. The lowest BCUT2D eigenvalue weighted by molar-refractivity contribution is 0.262. The molecule has 31 heavy (non-hydrogen) atoms. The van der Waals surface area contributed by atoms with Gasteiger partial charge in [-0.1, -0.05) is 34.1 Å². The molecule has 3 aromatic carbocycles. The molecule has 0 aliphatic rings. The van der Waals surface area contributed by atoms with E-state index in [-0.39, 0.29) is 6.03 Å². The van der Waals surface area contributed by atoms with Crippen LogP contribution in [0.2, 0.25) is 0 Å². The number of amides is 2. The minimum atomic E-state index is -0.290. The van der Waals surface area contributed by atoms with Crippen molar-refractivity contribution in [3.05, 3.63) is 88.7 Å². The fraction of sp³-hybridized carbons (Fsp3) is 0.0870. The van der Waals surface area contributed by atoms with Crippen LogP contribution in [0.15, 0.2) is 86.6 Å². The Kier molecular flexibility index (Phi) is 6.69. The Morgan fingerprint density at radius 2 is 1.68 bits per heavy atom. The molecule has 0 spiro atoms. The predicted octanol–water partition coefficient (Wildman–Crippen LogP) is 6.74. The molecule has 156 valence electrons. The van der Waals surface area contributed by atoms with Gasteiger partial charge in [-0.15, -0.1) is 22.0 Å². The molecule has 0 saturated heterocycles. The zero-order chi connectivity index (χ0) is 21.6. The van der Waals surface area contributed by atoms with E-state index in [9.17, 15) is 4.79 Å². The van der Waals surface area contributed by atoms with Crippen LogP contribution in [0.5, 0.6) is 0 Å². The zero-order valence-electron chi connectivity index (χ0n) is 16.6. The molecule has 4 aromatic rings. The van der Waals surface area contributed by atoms with Crippen molar-refractivity contribution in [2.75, 3.05) is 10.6 Å². The number of nitrogens with zero attached hydrogens (tertiary/aromatic N) is 2. The van der Waals surface area contributed by atoms with Crippen molar-refractivity contribution in [2.45, 2.75) is 17.6 Å². The van der Waals surface area contributed by atoms with Gasteiger partial charge in [-0.25, -0.2) is 4.79 Å². The summed E-state index contributed by atoms with van der Waals surface area (Å²) in [6.07, 6.45) is 0. The van der Waals surface area contributed by atoms with Gasteiger partial charge in [0.1, 0.15) is 0 Å². The summed E-state index contributed by atoms with van der Waals surface area (Å²) >= 11 is 5.04. The SMILES string of the molecule is Cc1cc(NC(=O)Nc2ccc(SCc3nnc(-c4ccccc4)o3)cc2)ccc1Br. The number of aromatic nitrogens is 2. The number of carbonyl (C=O) groups excluding carboxylic acids is 1. The number of anilines is 2. The summed E-state index contributed by atoms with van der Waals surface area (Å²) in [4.78, 5) is 13.3. The summed E-state index contributed by atoms with van der Waals surface area (Å²) in [7, 11) is 0. The molecule has 0 unspecified atom stereocenters. The highest BCUT2D eigenvalue weighted by Gasteiger charge is 2.09. The maximum Gasteiger partial charge on any atom is 0.323 e. The van der Waals surface area contributed by atoms with E-state index >= 15 is 0 Å². The van der Waals surface area contributed by atoms with Gasteiger partial charge in [0.2, 0.25) is 11.8 Å². The molecule has 0 atom stereocenters. The lowest BCUT2D eigenvalue weighted by atomic mass is 10.2. The quantitative estimate of drug-likeness (QED) is 0.290. The molecule has 0 aliphatic carbocycles. The van der Waals surface area contributed by atoms with Gasteiger partial charge in [0.15, 0.2) is 0 Å². The van der Waals surface area contributed by atoms with E-state index in [1.54, 1.807) is 11.8 Å². The van der Waals surface area contributed by atoms with E-state index in [1.165, 1.54) is 0 Å². The van der Waals surface area contributed by atoms with Crippen molar-refractivity contribution in [1.29, 1.82) is 0 Å². The Hall–Kier alpha value is -3.10. The number of benzene rings is 3. The Bertz CT molecular complexity index is 1180. The van der Waals surface area contributed by atoms with E-state index in [2.05, 4.69) is 36.8 Å². The second-order valence-corrected chi connectivity index (χ2v) is 8.63. The molecule has 2 N–H and O–H groups in total. The fourth-order valence-corrected chi connectivity index (χ4v) is 3.79. The number of urea groups is 1. The second kappa shape index (κ2) is 9.80. The highest BCUT2D eigenvalue weighted by Crippen LogP contribution is 2.26. The smallest absolute Gasteiger partial charge is 0.323 e. The van der Waals surface area contributed by atoms with Crippen molar-refractivity contribution in [3.8, 4) is 11.5 Å². The largest absolute Gasteiger partial charge is 0.420 e. The normalized spacial score (nSPS) is 10.6. The summed E-state index contributed by atoms with van der Waals surface area (Å²) in [6, 6.07) is 22.7. The summed E-state index contributed by atoms with van der Waals surface area (Å²) in [5, 5.41) is 13.9. The molecular formula is C23H19BrN4O2S. The minimum Gasteiger partial charge on any atom is -0.420 e. The van der Waals surface area contributed by atoms with Gasteiger partial charge in [-0.05, 0) is 67.1 Å². The van der Waals surface area contributed by atoms with E-state index < -0.39 is 0 Å². The number of rotatable bonds is 6. The van der Waals surface area contributed by atoms with Gasteiger partial charge in [-0.2, -0.15) is 0 Å².